The summed E-state index contributed by atoms with van der Waals surface area (Å²) in [6.07, 6.45) is 76.1. The number of rotatable bonds is 48. The van der Waals surface area contributed by atoms with Crippen molar-refractivity contribution in [1.29, 1.82) is 0 Å². The molecule has 68 heavy (non-hydrogen) atoms. The van der Waals surface area contributed by atoms with E-state index in [2.05, 4.69) is 81.5 Å². The molecule has 1 unspecified atom stereocenters. The third-order valence-corrected chi connectivity index (χ3v) is 11.3. The summed E-state index contributed by atoms with van der Waals surface area (Å²) in [7, 11) is 0. The zero-order valence-corrected chi connectivity index (χ0v) is 43.8. The van der Waals surface area contributed by atoms with Gasteiger partial charge in [0.25, 0.3) is 0 Å². The van der Waals surface area contributed by atoms with Gasteiger partial charge in [-0.1, -0.05) is 239 Å². The summed E-state index contributed by atoms with van der Waals surface area (Å²) < 4.78 is 16.8. The zero-order chi connectivity index (χ0) is 49.3. The van der Waals surface area contributed by atoms with E-state index < -0.39 is 6.10 Å². The predicted molar refractivity (Wildman–Crippen MR) is 293 cm³/mol. The molecule has 6 heteroatoms. The molecule has 0 radical (unpaired) electrons. The standard InChI is InChI=1S/C62H100O6/c1-4-7-10-13-16-19-22-25-28-31-34-37-40-43-46-49-52-55-61(64)67-58-59(57-66-60(63)54-51-48-45-42-39-36-33-30-27-24-21-18-15-12-9-6-3)68-62(65)56-53-50-47-44-41-38-35-32-29-26-23-20-17-14-11-8-5-2/h7,9-10,12-13,16,18-19,21-22,25-31,34,37,40,59H,4-6,8,11,14-15,17,20,23-24,32-33,35-36,38-39,41-58H2,1-3H3/b10-7-,12-9-,16-13-,21-18-,22-19-,28-25-,29-26-,30-27-,34-31+,40-37-. The Bertz CT molecular complexity index is 1450. The quantitative estimate of drug-likeness (QED) is 0.0199. The minimum absolute atomic E-state index is 0.104. The third kappa shape index (κ3) is 52.8. The van der Waals surface area contributed by atoms with Crippen LogP contribution >= 0.6 is 0 Å². The molecule has 0 aromatic heterocycles. The van der Waals surface area contributed by atoms with Gasteiger partial charge in [0, 0.05) is 19.3 Å². The number of carbonyl (C=O) groups is 3. The van der Waals surface area contributed by atoms with Crippen LogP contribution in [0.1, 0.15) is 233 Å². The SMILES string of the molecule is CC\C=C/C=C\C=C/C=C\C=C\C=C/CCCCCC(=O)OCC(COC(=O)CCCCCCCC/C=C\C/C=C\C/C=C\CC)OC(=O)CCCCCCCCC/C=C\CCCCCCCC. The van der Waals surface area contributed by atoms with Crippen molar-refractivity contribution >= 4 is 17.9 Å². The average Bonchev–Trinajstić information content (AvgIpc) is 3.34. The van der Waals surface area contributed by atoms with Crippen LogP contribution in [0.25, 0.3) is 0 Å². The van der Waals surface area contributed by atoms with Crippen molar-refractivity contribution in [2.24, 2.45) is 0 Å². The Morgan fingerprint density at radius 2 is 0.647 bits per heavy atom. The molecule has 0 bridgehead atoms. The second kappa shape index (κ2) is 55.4. The molecule has 0 aliphatic heterocycles. The predicted octanol–water partition coefficient (Wildman–Crippen LogP) is 18.5. The van der Waals surface area contributed by atoms with Gasteiger partial charge < -0.3 is 14.2 Å². The zero-order valence-electron chi connectivity index (χ0n) is 43.8. The van der Waals surface area contributed by atoms with E-state index >= 15 is 0 Å². The highest BCUT2D eigenvalue weighted by Crippen LogP contribution is 2.14. The normalized spacial score (nSPS) is 13.0. The Kier molecular flexibility index (Phi) is 52.0. The van der Waals surface area contributed by atoms with Crippen LogP contribution < -0.4 is 0 Å². The number of unbranched alkanes of at least 4 members (excludes halogenated alkanes) is 22. The number of ether oxygens (including phenoxy) is 3. The Morgan fingerprint density at radius 1 is 0.324 bits per heavy atom. The first-order chi connectivity index (χ1) is 33.5. The van der Waals surface area contributed by atoms with Crippen molar-refractivity contribution in [3.05, 3.63) is 122 Å². The van der Waals surface area contributed by atoms with E-state index in [1.54, 1.807) is 0 Å². The molecule has 0 saturated heterocycles. The van der Waals surface area contributed by atoms with Gasteiger partial charge >= 0.3 is 17.9 Å². The van der Waals surface area contributed by atoms with E-state index in [0.717, 1.165) is 103 Å². The van der Waals surface area contributed by atoms with Crippen LogP contribution in [-0.4, -0.2) is 37.2 Å². The second-order valence-electron chi connectivity index (χ2n) is 17.9. The van der Waals surface area contributed by atoms with Gasteiger partial charge in [0.15, 0.2) is 6.10 Å². The van der Waals surface area contributed by atoms with E-state index in [-0.39, 0.29) is 31.1 Å². The highest BCUT2D eigenvalue weighted by Gasteiger charge is 2.19. The molecule has 0 saturated carbocycles. The first-order valence-corrected chi connectivity index (χ1v) is 27.6. The molecule has 0 aromatic rings. The van der Waals surface area contributed by atoms with Crippen LogP contribution in [0, 0.1) is 0 Å². The van der Waals surface area contributed by atoms with Gasteiger partial charge in [-0.2, -0.15) is 0 Å². The van der Waals surface area contributed by atoms with Crippen molar-refractivity contribution in [2.45, 2.75) is 239 Å². The van der Waals surface area contributed by atoms with E-state index in [4.69, 9.17) is 14.2 Å². The minimum Gasteiger partial charge on any atom is -0.462 e. The van der Waals surface area contributed by atoms with Gasteiger partial charge in [0.2, 0.25) is 0 Å². The highest BCUT2D eigenvalue weighted by atomic mass is 16.6. The Labute approximate surface area is 418 Å². The smallest absolute Gasteiger partial charge is 0.306 e. The molecule has 0 aromatic carbocycles. The first-order valence-electron chi connectivity index (χ1n) is 27.6. The molecule has 6 nitrogen and oxygen atoms in total. The molecule has 1 atom stereocenters. The molecular formula is C62H100O6. The summed E-state index contributed by atoms with van der Waals surface area (Å²) in [4.78, 5) is 38.1. The lowest BCUT2D eigenvalue weighted by Gasteiger charge is -2.18. The van der Waals surface area contributed by atoms with Gasteiger partial charge in [0.05, 0.1) is 0 Å². The number of esters is 3. The number of hydrogen-bond donors (Lipinski definition) is 0. The molecule has 0 aliphatic carbocycles. The summed E-state index contributed by atoms with van der Waals surface area (Å²) in [5, 5.41) is 0. The van der Waals surface area contributed by atoms with Gasteiger partial charge in [-0.05, 0) is 96.3 Å². The number of hydrogen-bond acceptors (Lipinski definition) is 6. The number of allylic oxidation sites excluding steroid dienone is 20. The summed E-state index contributed by atoms with van der Waals surface area (Å²) in [5.74, 6) is -0.968. The van der Waals surface area contributed by atoms with Crippen molar-refractivity contribution in [3.8, 4) is 0 Å². The van der Waals surface area contributed by atoms with E-state index in [9.17, 15) is 14.4 Å². The lowest BCUT2D eigenvalue weighted by molar-refractivity contribution is -0.167. The van der Waals surface area contributed by atoms with Gasteiger partial charge in [0.1, 0.15) is 13.2 Å². The maximum absolute atomic E-state index is 12.8. The molecular weight excluding hydrogens is 841 g/mol. The van der Waals surface area contributed by atoms with E-state index in [1.807, 2.05) is 60.8 Å². The largest absolute Gasteiger partial charge is 0.462 e. The molecule has 0 amide bonds. The topological polar surface area (TPSA) is 78.9 Å². The van der Waals surface area contributed by atoms with Crippen LogP contribution in [-0.2, 0) is 28.6 Å². The summed E-state index contributed by atoms with van der Waals surface area (Å²) >= 11 is 0. The summed E-state index contributed by atoms with van der Waals surface area (Å²) in [6.45, 7) is 6.32. The van der Waals surface area contributed by atoms with Gasteiger partial charge in [-0.25, -0.2) is 0 Å². The van der Waals surface area contributed by atoms with Gasteiger partial charge in [-0.15, -0.1) is 0 Å². The molecule has 0 spiro atoms. The molecule has 0 heterocycles. The molecule has 384 valence electrons. The van der Waals surface area contributed by atoms with Crippen LogP contribution in [0.2, 0.25) is 0 Å². The van der Waals surface area contributed by atoms with Crippen LogP contribution in [0.4, 0.5) is 0 Å². The first kappa shape index (κ1) is 63.8. The van der Waals surface area contributed by atoms with Crippen molar-refractivity contribution in [2.75, 3.05) is 13.2 Å². The fourth-order valence-electron chi connectivity index (χ4n) is 7.25. The Hall–Kier alpha value is -4.19. The van der Waals surface area contributed by atoms with Gasteiger partial charge in [-0.3, -0.25) is 14.4 Å². The maximum atomic E-state index is 12.8. The lowest BCUT2D eigenvalue weighted by atomic mass is 10.1. The Balaban J connectivity index is 4.52. The molecule has 0 aliphatic rings. The lowest BCUT2D eigenvalue weighted by Crippen LogP contribution is -2.30. The fraction of sp³-hybridized carbons (Fsp3) is 0.629. The van der Waals surface area contributed by atoms with Crippen LogP contribution in [0.15, 0.2) is 122 Å². The van der Waals surface area contributed by atoms with Crippen molar-refractivity contribution < 1.29 is 28.6 Å². The second-order valence-corrected chi connectivity index (χ2v) is 17.9. The molecule has 0 N–H and O–H groups in total. The van der Waals surface area contributed by atoms with E-state index in [0.29, 0.717) is 19.3 Å². The molecule has 0 fully saturated rings. The van der Waals surface area contributed by atoms with Crippen LogP contribution in [0.3, 0.4) is 0 Å². The summed E-state index contributed by atoms with van der Waals surface area (Å²) in [5.41, 5.74) is 0. The average molecular weight is 941 g/mol. The molecule has 0 rings (SSSR count). The minimum atomic E-state index is -0.808. The summed E-state index contributed by atoms with van der Waals surface area (Å²) in [6, 6.07) is 0. The Morgan fingerprint density at radius 3 is 1.10 bits per heavy atom. The highest BCUT2D eigenvalue weighted by molar-refractivity contribution is 5.71. The maximum Gasteiger partial charge on any atom is 0.306 e. The number of carbonyl (C=O) groups excluding carboxylic acids is 3. The van der Waals surface area contributed by atoms with Crippen molar-refractivity contribution in [3.63, 3.8) is 0 Å². The fourth-order valence-corrected chi connectivity index (χ4v) is 7.25. The monoisotopic (exact) mass is 941 g/mol. The van der Waals surface area contributed by atoms with Crippen molar-refractivity contribution in [1.82, 2.24) is 0 Å². The van der Waals surface area contributed by atoms with E-state index in [1.165, 1.54) is 89.9 Å². The third-order valence-electron chi connectivity index (χ3n) is 11.3. The van der Waals surface area contributed by atoms with Crippen LogP contribution in [0.5, 0.6) is 0 Å².